The number of halogens is 2. The van der Waals surface area contributed by atoms with Crippen molar-refractivity contribution in [1.29, 1.82) is 0 Å². The van der Waals surface area contributed by atoms with Gasteiger partial charge in [-0.25, -0.2) is 8.78 Å². The second-order valence-electron chi connectivity index (χ2n) is 11.1. The summed E-state index contributed by atoms with van der Waals surface area (Å²) in [6.45, 7) is 5.47. The maximum absolute atomic E-state index is 13.5. The largest absolute Gasteiger partial charge is 0.483 e. The lowest BCUT2D eigenvalue weighted by Gasteiger charge is -2.44. The highest BCUT2D eigenvalue weighted by Gasteiger charge is 2.49. The van der Waals surface area contributed by atoms with Gasteiger partial charge in [-0.1, -0.05) is 26.0 Å². The number of aliphatic hydroxyl groups is 3. The van der Waals surface area contributed by atoms with Gasteiger partial charge in [0.1, 0.15) is 35.9 Å². The van der Waals surface area contributed by atoms with E-state index in [0.29, 0.717) is 25.0 Å². The second kappa shape index (κ2) is 15.0. The van der Waals surface area contributed by atoms with Crippen LogP contribution in [0.15, 0.2) is 12.2 Å². The first kappa shape index (κ1) is 32.2. The van der Waals surface area contributed by atoms with E-state index >= 15 is 0 Å². The molecule has 0 unspecified atom stereocenters. The van der Waals surface area contributed by atoms with Crippen molar-refractivity contribution in [2.45, 2.75) is 106 Å². The number of carbonyl (C=O) groups is 2. The molecule has 11 atom stereocenters. The van der Waals surface area contributed by atoms with Crippen LogP contribution in [0.4, 0.5) is 8.78 Å². The molecule has 0 spiro atoms. The van der Waals surface area contributed by atoms with Crippen LogP contribution in [0, 0.1) is 17.8 Å². The Morgan fingerprint density at radius 1 is 1.15 bits per heavy atom. The highest BCUT2D eigenvalue weighted by molar-refractivity contribution is 8.00. The van der Waals surface area contributed by atoms with E-state index in [9.17, 15) is 28.9 Å². The van der Waals surface area contributed by atoms with Gasteiger partial charge in [0.2, 0.25) is 5.91 Å². The van der Waals surface area contributed by atoms with Crippen molar-refractivity contribution in [2.24, 2.45) is 17.8 Å². The number of amides is 1. The van der Waals surface area contributed by atoms with Gasteiger partial charge >= 0.3 is 0 Å². The van der Waals surface area contributed by atoms with Crippen LogP contribution in [0.3, 0.4) is 0 Å². The summed E-state index contributed by atoms with van der Waals surface area (Å²) in [6, 6.07) is -1.28. The molecule has 6 N–H and O–H groups in total. The van der Waals surface area contributed by atoms with Crippen LogP contribution >= 0.6 is 11.8 Å². The summed E-state index contributed by atoms with van der Waals surface area (Å²) in [5.41, 5.74) is -1.16. The molecule has 4 heterocycles. The molecule has 3 fully saturated rings. The van der Waals surface area contributed by atoms with Crippen molar-refractivity contribution in [3.05, 3.63) is 12.2 Å². The second-order valence-corrected chi connectivity index (χ2v) is 12.5. The van der Waals surface area contributed by atoms with Crippen LogP contribution in [0.2, 0.25) is 0 Å². The third kappa shape index (κ3) is 8.34. The molecule has 2 bridgehead atoms. The predicted molar refractivity (Wildman–Crippen MR) is 140 cm³/mol. The lowest BCUT2D eigenvalue weighted by molar-refractivity contribution is -0.205. The molecule has 4 aliphatic rings. The van der Waals surface area contributed by atoms with Crippen molar-refractivity contribution < 1.29 is 48.3 Å². The molecule has 0 aromatic carbocycles. The smallest absolute Gasteiger partial charge is 0.290 e. The standard InChI is InChI=1S/C25H40F2N2O6S.CH2O2/c1-12(2)9-13-7-8-34-21-14(10-13)11-28-17(21)24(33)29-15-5-3-4-6-16(23(26)27)36-25-20(32)18(30)19(31)22(15)35-25;2-1-3/h3-4,12-23,25,28,30-32H,5-11H2,1-2H3,(H,29,33);1H,(H,2,3)/t13-,14-,15+,16-,17-,18-,19+,20+,21+,22+,25+;/m0./s1. The normalized spacial score (nSPS) is 40.7. The Bertz CT molecular complexity index is 825. The first-order chi connectivity index (χ1) is 18.6. The first-order valence-corrected chi connectivity index (χ1v) is 14.5. The maximum atomic E-state index is 13.5. The molecule has 224 valence electrons. The molecular formula is C26H42F2N2O8S. The Hall–Kier alpha value is -1.35. The van der Waals surface area contributed by atoms with Gasteiger partial charge in [0.05, 0.1) is 17.4 Å². The number of aliphatic hydroxyl groups excluding tert-OH is 3. The van der Waals surface area contributed by atoms with E-state index in [1.165, 1.54) is 0 Å². The molecule has 1 amide bonds. The summed E-state index contributed by atoms with van der Waals surface area (Å²) in [4.78, 5) is 21.8. The summed E-state index contributed by atoms with van der Waals surface area (Å²) >= 11 is 0.743. The zero-order chi connectivity index (χ0) is 28.7. The Labute approximate surface area is 231 Å². The zero-order valence-corrected chi connectivity index (χ0v) is 23.1. The number of hydrogen-bond donors (Lipinski definition) is 6. The highest BCUT2D eigenvalue weighted by Crippen LogP contribution is 2.37. The number of thioether (sulfide) groups is 1. The number of allylic oxidation sites excluding steroid dienone is 1. The topological polar surface area (TPSA) is 158 Å². The van der Waals surface area contributed by atoms with Crippen molar-refractivity contribution in [1.82, 2.24) is 10.6 Å². The lowest BCUT2D eigenvalue weighted by Crippen LogP contribution is -2.64. The third-order valence-electron chi connectivity index (χ3n) is 7.80. The molecule has 0 aromatic rings. The molecule has 0 aliphatic carbocycles. The molecule has 0 radical (unpaired) electrons. The van der Waals surface area contributed by atoms with Crippen LogP contribution < -0.4 is 10.6 Å². The summed E-state index contributed by atoms with van der Waals surface area (Å²) in [6.07, 6.45) is -1.86. The van der Waals surface area contributed by atoms with Crippen LogP contribution in [0.5, 0.6) is 0 Å². The fourth-order valence-corrected chi connectivity index (χ4v) is 7.20. The van der Waals surface area contributed by atoms with Crippen LogP contribution in [-0.4, -0.2) is 106 Å². The van der Waals surface area contributed by atoms with Gasteiger partial charge in [0.15, 0.2) is 0 Å². The molecule has 4 aliphatic heterocycles. The number of hydrogen-bond acceptors (Lipinski definition) is 9. The van der Waals surface area contributed by atoms with Crippen molar-refractivity contribution >= 4 is 24.1 Å². The molecule has 39 heavy (non-hydrogen) atoms. The average molecular weight is 581 g/mol. The Balaban J connectivity index is 0.00000134. The molecule has 10 nitrogen and oxygen atoms in total. The summed E-state index contributed by atoms with van der Waals surface area (Å²) < 4.78 is 39.0. The van der Waals surface area contributed by atoms with Crippen molar-refractivity contribution in [3.63, 3.8) is 0 Å². The van der Waals surface area contributed by atoms with Gasteiger partial charge in [-0.15, -0.1) is 11.8 Å². The number of alkyl halides is 2. The number of fused-ring (bicyclic) bond motifs is 3. The van der Waals surface area contributed by atoms with E-state index in [1.54, 1.807) is 12.2 Å². The molecular weight excluding hydrogens is 538 g/mol. The third-order valence-corrected chi connectivity index (χ3v) is 9.20. The monoisotopic (exact) mass is 580 g/mol. The average Bonchev–Trinajstić information content (AvgIpc) is 3.16. The first-order valence-electron chi connectivity index (χ1n) is 13.6. The fourth-order valence-electron chi connectivity index (χ4n) is 6.00. The number of carbonyl (C=O) groups excluding carboxylic acids is 1. The van der Waals surface area contributed by atoms with Crippen molar-refractivity contribution in [2.75, 3.05) is 13.2 Å². The fraction of sp³-hybridized carbons (Fsp3) is 0.846. The highest BCUT2D eigenvalue weighted by atomic mass is 32.2. The van der Waals surface area contributed by atoms with E-state index in [4.69, 9.17) is 19.4 Å². The summed E-state index contributed by atoms with van der Waals surface area (Å²) in [7, 11) is 0. The van der Waals surface area contributed by atoms with E-state index in [2.05, 4.69) is 24.5 Å². The van der Waals surface area contributed by atoms with Crippen LogP contribution in [-0.2, 0) is 19.1 Å². The predicted octanol–water partition coefficient (Wildman–Crippen LogP) is 1.13. The van der Waals surface area contributed by atoms with Gasteiger partial charge in [-0.2, -0.15) is 0 Å². The molecule has 0 aromatic heterocycles. The molecule has 4 rings (SSSR count). The van der Waals surface area contributed by atoms with E-state index in [0.717, 1.165) is 31.0 Å². The minimum absolute atomic E-state index is 0.0538. The van der Waals surface area contributed by atoms with Crippen molar-refractivity contribution in [3.8, 4) is 0 Å². The van der Waals surface area contributed by atoms with Gasteiger partial charge in [-0.05, 0) is 49.9 Å². The molecule has 3 saturated heterocycles. The van der Waals surface area contributed by atoms with Gasteiger partial charge < -0.3 is 40.5 Å². The number of ether oxygens (including phenoxy) is 2. The summed E-state index contributed by atoms with van der Waals surface area (Å²) in [5.74, 6) is 1.12. The van der Waals surface area contributed by atoms with Crippen LogP contribution in [0.1, 0.15) is 46.0 Å². The summed E-state index contributed by atoms with van der Waals surface area (Å²) in [5, 5.41) is 43.5. The van der Waals surface area contributed by atoms with E-state index in [1.807, 2.05) is 0 Å². The van der Waals surface area contributed by atoms with Gasteiger partial charge in [0, 0.05) is 13.2 Å². The quantitative estimate of drug-likeness (QED) is 0.206. The molecule has 0 saturated carbocycles. The zero-order valence-electron chi connectivity index (χ0n) is 22.3. The SMILES string of the molecule is CC(C)C[C@@H]1CCO[C@@H]2[C@H](CN[C@@H]2C(=O)N[C@@H]2CC=CC[C@@H](C(F)F)S[C@H]3O[C@H]2[C@H](O)[C@H](O)[C@H]3O)C1.O=CO. The van der Waals surface area contributed by atoms with Crippen LogP contribution in [0.25, 0.3) is 0 Å². The lowest BCUT2D eigenvalue weighted by atomic mass is 9.85. The van der Waals surface area contributed by atoms with Gasteiger partial charge in [0.25, 0.3) is 12.9 Å². The van der Waals surface area contributed by atoms with Gasteiger partial charge in [-0.3, -0.25) is 9.59 Å². The maximum Gasteiger partial charge on any atom is 0.290 e. The molecule has 13 heteroatoms. The Morgan fingerprint density at radius 3 is 2.51 bits per heavy atom. The number of nitrogens with one attached hydrogen (secondary N) is 2. The number of carboxylic acid groups (broad SMARTS) is 1. The Kier molecular flexibility index (Phi) is 12.4. The van der Waals surface area contributed by atoms with E-state index < -0.39 is 53.6 Å². The minimum atomic E-state index is -2.64. The van der Waals surface area contributed by atoms with E-state index in [-0.39, 0.29) is 37.2 Å². The Morgan fingerprint density at radius 2 is 1.85 bits per heavy atom. The number of rotatable bonds is 5. The minimum Gasteiger partial charge on any atom is -0.483 e.